The molecule has 5 nitrogen and oxygen atoms in total. The summed E-state index contributed by atoms with van der Waals surface area (Å²) in [4.78, 5) is 16.3. The number of fused-ring (bicyclic) bond motifs is 1. The number of hydrogen-bond acceptors (Lipinski definition) is 3. The third-order valence-corrected chi connectivity index (χ3v) is 5.90. The minimum atomic E-state index is -4.62. The van der Waals surface area contributed by atoms with Crippen molar-refractivity contribution in [2.75, 3.05) is 0 Å². The molecule has 1 aliphatic carbocycles. The van der Waals surface area contributed by atoms with Crippen LogP contribution in [0.2, 0.25) is 0 Å². The Morgan fingerprint density at radius 2 is 1.79 bits per heavy atom. The molecule has 1 saturated carbocycles. The summed E-state index contributed by atoms with van der Waals surface area (Å²) in [5.41, 5.74) is 1.10. The van der Waals surface area contributed by atoms with Gasteiger partial charge in [0.25, 0.3) is 0 Å². The van der Waals surface area contributed by atoms with Crippen molar-refractivity contribution < 1.29 is 28.2 Å². The molecule has 4 aromatic rings. The topological polar surface area (TPSA) is 74.8 Å². The molecule has 5 rings (SSSR count). The summed E-state index contributed by atoms with van der Waals surface area (Å²) in [6.45, 7) is 0. The van der Waals surface area contributed by atoms with Gasteiger partial charge < -0.3 is 14.6 Å². The maximum atomic E-state index is 13.6. The fourth-order valence-corrected chi connectivity index (χ4v) is 4.03. The monoisotopic (exact) mass is 452 g/mol. The SMILES string of the molecule is O=C(O)c1cc(C(O)c2cc(C(F)(F)F)cc3nc(C4CC4)cn23)ccc1-c1ccccc1. The van der Waals surface area contributed by atoms with Crippen LogP contribution >= 0.6 is 0 Å². The number of imidazole rings is 1. The second-order valence-electron chi connectivity index (χ2n) is 8.21. The van der Waals surface area contributed by atoms with E-state index < -0.39 is 23.8 Å². The molecule has 0 radical (unpaired) electrons. The van der Waals surface area contributed by atoms with Crippen LogP contribution < -0.4 is 0 Å². The number of nitrogens with zero attached hydrogens (tertiary/aromatic N) is 2. The molecule has 0 spiro atoms. The predicted molar refractivity (Wildman–Crippen MR) is 115 cm³/mol. The van der Waals surface area contributed by atoms with Crippen LogP contribution in [-0.4, -0.2) is 25.6 Å². The Bertz CT molecular complexity index is 1360. The first kappa shape index (κ1) is 21.2. The number of pyridine rings is 1. The van der Waals surface area contributed by atoms with Crippen LogP contribution in [-0.2, 0) is 6.18 Å². The molecular weight excluding hydrogens is 433 g/mol. The number of rotatable bonds is 5. The highest BCUT2D eigenvalue weighted by Gasteiger charge is 2.34. The van der Waals surface area contributed by atoms with E-state index in [4.69, 9.17) is 0 Å². The number of halogens is 3. The van der Waals surface area contributed by atoms with Crippen molar-refractivity contribution >= 4 is 11.6 Å². The first-order valence-electron chi connectivity index (χ1n) is 10.4. The first-order chi connectivity index (χ1) is 15.7. The summed E-state index contributed by atoms with van der Waals surface area (Å²) >= 11 is 0. The highest BCUT2D eigenvalue weighted by atomic mass is 19.4. The van der Waals surface area contributed by atoms with E-state index in [2.05, 4.69) is 4.98 Å². The molecule has 2 aromatic carbocycles. The van der Waals surface area contributed by atoms with E-state index in [9.17, 15) is 28.2 Å². The third kappa shape index (κ3) is 3.98. The molecule has 0 aliphatic heterocycles. The minimum absolute atomic E-state index is 0.0250. The van der Waals surface area contributed by atoms with Gasteiger partial charge in [0, 0.05) is 12.1 Å². The van der Waals surface area contributed by atoms with Crippen LogP contribution in [0.25, 0.3) is 16.8 Å². The van der Waals surface area contributed by atoms with E-state index in [1.807, 2.05) is 6.07 Å². The summed E-state index contributed by atoms with van der Waals surface area (Å²) in [5.74, 6) is -0.983. The van der Waals surface area contributed by atoms with Crippen molar-refractivity contribution in [1.29, 1.82) is 0 Å². The lowest BCUT2D eigenvalue weighted by molar-refractivity contribution is -0.137. The van der Waals surface area contributed by atoms with E-state index in [0.29, 0.717) is 16.8 Å². The zero-order chi connectivity index (χ0) is 23.3. The molecular formula is C25H19F3N2O3. The summed E-state index contributed by atoms with van der Waals surface area (Å²) in [7, 11) is 0. The lowest BCUT2D eigenvalue weighted by Crippen LogP contribution is -2.12. The maximum Gasteiger partial charge on any atom is 0.416 e. The smallest absolute Gasteiger partial charge is 0.416 e. The van der Waals surface area contributed by atoms with Gasteiger partial charge in [0.2, 0.25) is 0 Å². The Labute approximate surface area is 186 Å². The van der Waals surface area contributed by atoms with Crippen molar-refractivity contribution in [3.05, 3.63) is 94.9 Å². The van der Waals surface area contributed by atoms with E-state index in [1.165, 1.54) is 16.5 Å². The van der Waals surface area contributed by atoms with Gasteiger partial charge in [-0.1, -0.05) is 42.5 Å². The molecule has 1 atom stereocenters. The van der Waals surface area contributed by atoms with E-state index in [0.717, 1.165) is 25.0 Å². The molecule has 2 aromatic heterocycles. The number of aromatic carboxylic acids is 1. The van der Waals surface area contributed by atoms with Gasteiger partial charge in [-0.3, -0.25) is 0 Å². The second-order valence-corrected chi connectivity index (χ2v) is 8.21. The fourth-order valence-electron chi connectivity index (χ4n) is 4.03. The maximum absolute atomic E-state index is 13.6. The number of carboxylic acid groups (broad SMARTS) is 1. The molecule has 8 heteroatoms. The highest BCUT2D eigenvalue weighted by molar-refractivity contribution is 5.96. The highest BCUT2D eigenvalue weighted by Crippen LogP contribution is 2.41. The van der Waals surface area contributed by atoms with Gasteiger partial charge >= 0.3 is 12.1 Å². The Morgan fingerprint density at radius 1 is 1.06 bits per heavy atom. The summed E-state index contributed by atoms with van der Waals surface area (Å²) in [5, 5.41) is 20.9. The van der Waals surface area contributed by atoms with Crippen molar-refractivity contribution in [3.63, 3.8) is 0 Å². The average molecular weight is 452 g/mol. The molecule has 33 heavy (non-hydrogen) atoms. The van der Waals surface area contributed by atoms with Gasteiger partial charge in [-0.15, -0.1) is 0 Å². The third-order valence-electron chi connectivity index (χ3n) is 5.90. The number of aliphatic hydroxyl groups excluding tert-OH is 1. The number of benzene rings is 2. The predicted octanol–water partition coefficient (Wildman–Crippen LogP) is 5.68. The number of carbonyl (C=O) groups is 1. The molecule has 168 valence electrons. The Kier molecular flexibility index (Phi) is 4.97. The number of aromatic nitrogens is 2. The molecule has 0 bridgehead atoms. The van der Waals surface area contributed by atoms with Crippen LogP contribution in [0.5, 0.6) is 0 Å². The summed E-state index contributed by atoms with van der Waals surface area (Å²) in [6.07, 6.45) is -2.60. The second kappa shape index (κ2) is 7.74. The molecule has 2 N–H and O–H groups in total. The summed E-state index contributed by atoms with van der Waals surface area (Å²) in [6, 6.07) is 15.1. The van der Waals surface area contributed by atoms with Gasteiger partial charge in [-0.25, -0.2) is 9.78 Å². The van der Waals surface area contributed by atoms with E-state index >= 15 is 0 Å². The number of carboxylic acids is 1. The van der Waals surface area contributed by atoms with E-state index in [-0.39, 0.29) is 28.4 Å². The van der Waals surface area contributed by atoms with Crippen molar-refractivity contribution in [1.82, 2.24) is 9.38 Å². The van der Waals surface area contributed by atoms with Gasteiger partial charge in [-0.05, 0) is 47.7 Å². The Balaban J connectivity index is 1.64. The van der Waals surface area contributed by atoms with Crippen LogP contribution in [0, 0.1) is 0 Å². The molecule has 1 fully saturated rings. The zero-order valence-corrected chi connectivity index (χ0v) is 17.3. The number of hydrogen-bond donors (Lipinski definition) is 2. The van der Waals surface area contributed by atoms with Crippen LogP contribution in [0.4, 0.5) is 13.2 Å². The van der Waals surface area contributed by atoms with Crippen LogP contribution in [0.3, 0.4) is 0 Å². The molecule has 0 saturated heterocycles. The minimum Gasteiger partial charge on any atom is -0.478 e. The largest absolute Gasteiger partial charge is 0.478 e. The lowest BCUT2D eigenvalue weighted by Gasteiger charge is -2.18. The van der Waals surface area contributed by atoms with Crippen LogP contribution in [0.15, 0.2) is 66.9 Å². The standard InChI is InChI=1S/C25H19F3N2O3/c26-25(27,28)17-11-21(30-13-20(15-6-7-15)29-22(30)12-17)23(31)16-8-9-18(19(10-16)24(32)33)14-4-2-1-3-5-14/h1-5,8-13,15,23,31H,6-7H2,(H,32,33). The van der Waals surface area contributed by atoms with Crippen molar-refractivity contribution in [2.24, 2.45) is 0 Å². The summed E-state index contributed by atoms with van der Waals surface area (Å²) < 4.78 is 42.1. The quantitative estimate of drug-likeness (QED) is 0.409. The van der Waals surface area contributed by atoms with Gasteiger partial charge in [-0.2, -0.15) is 13.2 Å². The number of alkyl halides is 3. The van der Waals surface area contributed by atoms with Gasteiger partial charge in [0.1, 0.15) is 11.8 Å². The Morgan fingerprint density at radius 3 is 2.42 bits per heavy atom. The van der Waals surface area contributed by atoms with Gasteiger partial charge in [0.15, 0.2) is 0 Å². The average Bonchev–Trinajstić information content (AvgIpc) is 3.56. The van der Waals surface area contributed by atoms with Crippen LogP contribution in [0.1, 0.15) is 57.7 Å². The lowest BCUT2D eigenvalue weighted by atomic mass is 9.94. The molecule has 1 aliphatic rings. The molecule has 2 heterocycles. The first-order valence-corrected chi connectivity index (χ1v) is 10.4. The Hall–Kier alpha value is -3.65. The molecule has 0 amide bonds. The fraction of sp³-hybridized carbons (Fsp3) is 0.200. The normalized spacial score (nSPS) is 15.0. The molecule has 1 unspecified atom stereocenters. The number of aliphatic hydroxyl groups is 1. The zero-order valence-electron chi connectivity index (χ0n) is 17.3. The van der Waals surface area contributed by atoms with Gasteiger partial charge in [0.05, 0.1) is 22.5 Å². The van der Waals surface area contributed by atoms with Crippen molar-refractivity contribution in [2.45, 2.75) is 31.0 Å². The van der Waals surface area contributed by atoms with Crippen molar-refractivity contribution in [3.8, 4) is 11.1 Å². The van der Waals surface area contributed by atoms with E-state index in [1.54, 1.807) is 36.5 Å².